The molecule has 7 heteroatoms. The van der Waals surface area contributed by atoms with Crippen molar-refractivity contribution < 1.29 is 14.6 Å². The zero-order valence-electron chi connectivity index (χ0n) is 18.4. The topological polar surface area (TPSA) is 66.8 Å². The van der Waals surface area contributed by atoms with Crippen LogP contribution in [-0.4, -0.2) is 54.4 Å². The van der Waals surface area contributed by atoms with E-state index in [1.165, 1.54) is 32.1 Å². The molecule has 3 rings (SSSR count). The number of aliphatic hydroxyl groups is 1. The predicted molar refractivity (Wildman–Crippen MR) is 121 cm³/mol. The molecule has 1 saturated carbocycles. The molecule has 30 heavy (non-hydrogen) atoms. The van der Waals surface area contributed by atoms with E-state index in [1.54, 1.807) is 18.4 Å². The van der Waals surface area contributed by atoms with Crippen LogP contribution in [0, 0.1) is 6.92 Å². The summed E-state index contributed by atoms with van der Waals surface area (Å²) in [7, 11) is 3.75. The van der Waals surface area contributed by atoms with E-state index in [0.717, 1.165) is 29.4 Å². The number of nitrogens with zero attached hydrogens (tertiary/aromatic N) is 2. The van der Waals surface area contributed by atoms with Gasteiger partial charge >= 0.3 is 0 Å². The minimum absolute atomic E-state index is 0.258. The summed E-state index contributed by atoms with van der Waals surface area (Å²) in [6.45, 7) is 4.37. The summed E-state index contributed by atoms with van der Waals surface area (Å²) in [4.78, 5) is 6.75. The molecule has 0 aliphatic heterocycles. The maximum atomic E-state index is 10.4. The van der Waals surface area contributed by atoms with Crippen molar-refractivity contribution >= 4 is 11.3 Å². The molecule has 0 unspecified atom stereocenters. The maximum absolute atomic E-state index is 10.4. The second kappa shape index (κ2) is 11.6. The summed E-state index contributed by atoms with van der Waals surface area (Å²) in [5.74, 6) is 1.35. The summed E-state index contributed by atoms with van der Waals surface area (Å²) >= 11 is 1.67. The second-order valence-corrected chi connectivity index (χ2v) is 9.11. The van der Waals surface area contributed by atoms with Crippen LogP contribution in [0.15, 0.2) is 23.6 Å². The Kier molecular flexibility index (Phi) is 8.93. The van der Waals surface area contributed by atoms with Crippen LogP contribution in [-0.2, 0) is 13.1 Å². The molecule has 0 saturated heterocycles. The molecular weight excluding hydrogens is 398 g/mol. The van der Waals surface area contributed by atoms with E-state index >= 15 is 0 Å². The van der Waals surface area contributed by atoms with Crippen LogP contribution < -0.4 is 14.8 Å². The largest absolute Gasteiger partial charge is 0.493 e. The van der Waals surface area contributed by atoms with Crippen molar-refractivity contribution in [2.24, 2.45) is 0 Å². The van der Waals surface area contributed by atoms with E-state index in [0.29, 0.717) is 24.1 Å². The van der Waals surface area contributed by atoms with E-state index in [2.05, 4.69) is 27.6 Å². The molecular formula is C23H35N3O3S. The van der Waals surface area contributed by atoms with Gasteiger partial charge in [0.25, 0.3) is 0 Å². The Balaban J connectivity index is 1.45. The van der Waals surface area contributed by atoms with Gasteiger partial charge in [0, 0.05) is 36.8 Å². The number of rotatable bonds is 11. The van der Waals surface area contributed by atoms with Gasteiger partial charge in [-0.1, -0.05) is 25.3 Å². The molecule has 1 aromatic carbocycles. The fourth-order valence-corrected chi connectivity index (χ4v) is 4.72. The summed E-state index contributed by atoms with van der Waals surface area (Å²) in [6, 6.07) is 6.51. The van der Waals surface area contributed by atoms with Crippen molar-refractivity contribution in [3.63, 3.8) is 0 Å². The average Bonchev–Trinajstić information content (AvgIpc) is 3.18. The molecule has 0 spiro atoms. The first-order valence-electron chi connectivity index (χ1n) is 10.8. The van der Waals surface area contributed by atoms with Gasteiger partial charge in [-0.15, -0.1) is 11.3 Å². The highest BCUT2D eigenvalue weighted by Crippen LogP contribution is 2.28. The number of thiazole rings is 1. The Morgan fingerprint density at radius 1 is 1.23 bits per heavy atom. The van der Waals surface area contributed by atoms with Crippen molar-refractivity contribution in [3.05, 3.63) is 39.8 Å². The van der Waals surface area contributed by atoms with Gasteiger partial charge in [-0.3, -0.25) is 0 Å². The van der Waals surface area contributed by atoms with Crippen molar-refractivity contribution in [1.29, 1.82) is 0 Å². The molecule has 1 aliphatic carbocycles. The highest BCUT2D eigenvalue weighted by molar-refractivity contribution is 7.09. The lowest BCUT2D eigenvalue weighted by molar-refractivity contribution is 0.0553. The van der Waals surface area contributed by atoms with Crippen LogP contribution in [0.1, 0.15) is 48.4 Å². The molecule has 0 radical (unpaired) electrons. The van der Waals surface area contributed by atoms with Gasteiger partial charge < -0.3 is 24.8 Å². The third-order valence-electron chi connectivity index (χ3n) is 5.63. The smallest absolute Gasteiger partial charge is 0.161 e. The SMILES string of the molecule is COc1cc(CNCc2nc(C)cs2)ccc1OC[C@@H](O)CN(C)C1CCCCC1. The second-order valence-electron chi connectivity index (χ2n) is 8.17. The van der Waals surface area contributed by atoms with E-state index in [1.807, 2.05) is 25.1 Å². The molecule has 0 bridgehead atoms. The molecule has 0 amide bonds. The van der Waals surface area contributed by atoms with E-state index < -0.39 is 6.10 Å². The molecule has 2 aromatic rings. The zero-order chi connectivity index (χ0) is 21.3. The van der Waals surface area contributed by atoms with Crippen LogP contribution in [0.2, 0.25) is 0 Å². The Morgan fingerprint density at radius 3 is 2.73 bits per heavy atom. The Bertz CT molecular complexity index is 777. The minimum atomic E-state index is -0.523. The zero-order valence-corrected chi connectivity index (χ0v) is 19.2. The fraction of sp³-hybridized carbons (Fsp3) is 0.609. The standard InChI is InChI=1S/C23H35N3O3S/c1-17-16-30-23(25-17)13-24-12-18-9-10-21(22(11-18)28-3)29-15-20(27)14-26(2)19-7-5-4-6-8-19/h9-11,16,19-20,24,27H,4-8,12-15H2,1-3H3/t20-/m0/s1. The van der Waals surface area contributed by atoms with Gasteiger partial charge in [0.05, 0.1) is 7.11 Å². The third kappa shape index (κ3) is 6.94. The number of benzene rings is 1. The van der Waals surface area contributed by atoms with Gasteiger partial charge in [-0.05, 0) is 44.5 Å². The average molecular weight is 434 g/mol. The predicted octanol–water partition coefficient (Wildman–Crippen LogP) is 3.75. The number of methoxy groups -OCH3 is 1. The number of likely N-dealkylation sites (N-methyl/N-ethyl adjacent to an activating group) is 1. The summed E-state index contributed by atoms with van der Waals surface area (Å²) in [6.07, 6.45) is 5.87. The number of aliphatic hydroxyl groups excluding tert-OH is 1. The number of aryl methyl sites for hydroxylation is 1. The van der Waals surface area contributed by atoms with Crippen molar-refractivity contribution in [2.45, 2.75) is 64.3 Å². The van der Waals surface area contributed by atoms with Crippen molar-refractivity contribution in [2.75, 3.05) is 27.3 Å². The van der Waals surface area contributed by atoms with Gasteiger partial charge in [-0.2, -0.15) is 0 Å². The Morgan fingerprint density at radius 2 is 2.03 bits per heavy atom. The highest BCUT2D eigenvalue weighted by Gasteiger charge is 2.20. The van der Waals surface area contributed by atoms with Crippen LogP contribution >= 0.6 is 11.3 Å². The first kappa shape index (κ1) is 23.0. The molecule has 1 atom stereocenters. The van der Waals surface area contributed by atoms with Crippen LogP contribution in [0.4, 0.5) is 0 Å². The van der Waals surface area contributed by atoms with Gasteiger partial charge in [0.15, 0.2) is 11.5 Å². The minimum Gasteiger partial charge on any atom is -0.493 e. The van der Waals surface area contributed by atoms with E-state index in [-0.39, 0.29) is 6.61 Å². The normalized spacial score (nSPS) is 16.0. The summed E-state index contributed by atoms with van der Waals surface area (Å²) < 4.78 is 11.4. The van der Waals surface area contributed by atoms with Crippen LogP contribution in [0.3, 0.4) is 0 Å². The van der Waals surface area contributed by atoms with Gasteiger partial charge in [0.2, 0.25) is 0 Å². The summed E-state index contributed by atoms with van der Waals surface area (Å²) in [5, 5.41) is 17.0. The number of aromatic nitrogens is 1. The number of hydrogen-bond acceptors (Lipinski definition) is 7. The number of ether oxygens (including phenoxy) is 2. The molecule has 1 aromatic heterocycles. The number of nitrogens with one attached hydrogen (secondary N) is 1. The third-order valence-corrected chi connectivity index (χ3v) is 6.59. The Labute approximate surface area is 184 Å². The van der Waals surface area contributed by atoms with Gasteiger partial charge in [-0.25, -0.2) is 4.98 Å². The lowest BCUT2D eigenvalue weighted by Crippen LogP contribution is -2.40. The van der Waals surface area contributed by atoms with Crippen LogP contribution in [0.5, 0.6) is 11.5 Å². The van der Waals surface area contributed by atoms with Gasteiger partial charge in [0.1, 0.15) is 17.7 Å². The van der Waals surface area contributed by atoms with Crippen LogP contribution in [0.25, 0.3) is 0 Å². The molecule has 1 heterocycles. The molecule has 6 nitrogen and oxygen atoms in total. The quantitative estimate of drug-likeness (QED) is 0.563. The lowest BCUT2D eigenvalue weighted by Gasteiger charge is -2.32. The maximum Gasteiger partial charge on any atom is 0.161 e. The van der Waals surface area contributed by atoms with E-state index in [9.17, 15) is 5.11 Å². The monoisotopic (exact) mass is 433 g/mol. The highest BCUT2D eigenvalue weighted by atomic mass is 32.1. The molecule has 1 fully saturated rings. The van der Waals surface area contributed by atoms with Crippen molar-refractivity contribution in [1.82, 2.24) is 15.2 Å². The molecule has 166 valence electrons. The summed E-state index contributed by atoms with van der Waals surface area (Å²) in [5.41, 5.74) is 2.18. The van der Waals surface area contributed by atoms with Crippen molar-refractivity contribution in [3.8, 4) is 11.5 Å². The first-order chi connectivity index (χ1) is 14.5. The fourth-order valence-electron chi connectivity index (χ4n) is 3.98. The molecule has 1 aliphatic rings. The molecule has 2 N–H and O–H groups in total. The number of hydrogen-bond donors (Lipinski definition) is 2. The van der Waals surface area contributed by atoms with E-state index in [4.69, 9.17) is 9.47 Å². The lowest BCUT2D eigenvalue weighted by atomic mass is 9.94. The first-order valence-corrected chi connectivity index (χ1v) is 11.7. The Hall–Kier alpha value is -1.67.